The lowest BCUT2D eigenvalue weighted by Crippen LogP contribution is -2.31. The van der Waals surface area contributed by atoms with E-state index in [0.29, 0.717) is 0 Å². The monoisotopic (exact) mass is 297 g/mol. The van der Waals surface area contributed by atoms with E-state index in [1.807, 2.05) is 37.9 Å². The highest BCUT2D eigenvalue weighted by atomic mass is 15.2. The quantitative estimate of drug-likeness (QED) is 0.528. The molecule has 0 aromatic carbocycles. The fourth-order valence-corrected chi connectivity index (χ4v) is 2.18. The predicted molar refractivity (Wildman–Crippen MR) is 97.2 cm³/mol. The van der Waals surface area contributed by atoms with Crippen molar-refractivity contribution in [3.8, 4) is 0 Å². The summed E-state index contributed by atoms with van der Waals surface area (Å²) in [6, 6.07) is 4.11. The zero-order valence-electron chi connectivity index (χ0n) is 14.5. The molecule has 0 bridgehead atoms. The average molecular weight is 297 g/mol. The van der Waals surface area contributed by atoms with Gasteiger partial charge >= 0.3 is 0 Å². The van der Waals surface area contributed by atoms with Crippen LogP contribution in [0.15, 0.2) is 59.5 Å². The Morgan fingerprint density at radius 3 is 2.32 bits per heavy atom. The van der Waals surface area contributed by atoms with Crippen molar-refractivity contribution in [3.63, 3.8) is 0 Å². The summed E-state index contributed by atoms with van der Waals surface area (Å²) in [4.78, 5) is 11.2. The largest absolute Gasteiger partial charge is 0.284 e. The molecule has 0 fully saturated rings. The fraction of sp³-hybridized carbons (Fsp3) is 0.368. The van der Waals surface area contributed by atoms with Crippen molar-refractivity contribution < 1.29 is 0 Å². The maximum Gasteiger partial charge on any atom is 0.141 e. The molecule has 0 N–H and O–H groups in total. The summed E-state index contributed by atoms with van der Waals surface area (Å²) in [5.41, 5.74) is 4.00. The van der Waals surface area contributed by atoms with Crippen LogP contribution in [-0.4, -0.2) is 10.8 Å². The number of hydrogen-bond acceptors (Lipinski definition) is 2. The predicted octanol–water partition coefficient (Wildman–Crippen LogP) is 5.27. The Labute approximate surface area is 134 Å². The standard InChI is InChI=1S/C19H27N3/c1-8-16-11-12-18(20-13-16)22(15(6)7)19(21-14(4)5)17(9-2)10-3/h9,11-13H,4,6,8,10H2,1-3,5,7H3/b17-9-,21-19?. The molecule has 0 saturated carbocycles. The molecule has 22 heavy (non-hydrogen) atoms. The summed E-state index contributed by atoms with van der Waals surface area (Å²) in [6.07, 6.45) is 5.85. The Hall–Kier alpha value is -2.16. The first-order valence-electron chi connectivity index (χ1n) is 7.74. The highest BCUT2D eigenvalue weighted by Gasteiger charge is 2.18. The van der Waals surface area contributed by atoms with Crippen molar-refractivity contribution in [3.05, 3.63) is 60.1 Å². The normalized spacial score (nSPS) is 12.2. The van der Waals surface area contributed by atoms with E-state index in [0.717, 1.165) is 41.5 Å². The SMILES string of the molecule is C=C(C)N=C(/C(=C\C)CC)N(C(=C)C)c1ccc(CC)cn1. The van der Waals surface area contributed by atoms with Crippen LogP contribution in [0.25, 0.3) is 0 Å². The summed E-state index contributed by atoms with van der Waals surface area (Å²) >= 11 is 0. The van der Waals surface area contributed by atoms with Crippen molar-refractivity contribution in [2.75, 3.05) is 4.90 Å². The van der Waals surface area contributed by atoms with Crippen molar-refractivity contribution in [2.45, 2.75) is 47.5 Å². The molecule has 3 nitrogen and oxygen atoms in total. The molecule has 0 aliphatic rings. The van der Waals surface area contributed by atoms with E-state index >= 15 is 0 Å². The summed E-state index contributed by atoms with van der Waals surface area (Å²) in [7, 11) is 0. The van der Waals surface area contributed by atoms with Gasteiger partial charge in [-0.05, 0) is 50.8 Å². The number of hydrogen-bond donors (Lipinski definition) is 0. The van der Waals surface area contributed by atoms with E-state index in [1.165, 1.54) is 5.56 Å². The van der Waals surface area contributed by atoms with E-state index in [1.54, 1.807) is 0 Å². The molecule has 1 aromatic rings. The first kappa shape index (κ1) is 17.9. The van der Waals surface area contributed by atoms with Gasteiger partial charge in [0.15, 0.2) is 0 Å². The van der Waals surface area contributed by atoms with Gasteiger partial charge in [0.1, 0.15) is 11.7 Å². The van der Waals surface area contributed by atoms with Crippen LogP contribution in [0, 0.1) is 0 Å². The molecule has 1 heterocycles. The second-order valence-electron chi connectivity index (χ2n) is 5.29. The fourth-order valence-electron chi connectivity index (χ4n) is 2.18. The number of pyridine rings is 1. The van der Waals surface area contributed by atoms with Gasteiger partial charge in [0.05, 0.1) is 0 Å². The molecule has 0 spiro atoms. The van der Waals surface area contributed by atoms with Gasteiger partial charge in [0.2, 0.25) is 0 Å². The molecule has 0 saturated heterocycles. The molecule has 1 rings (SSSR count). The van der Waals surface area contributed by atoms with Crippen LogP contribution < -0.4 is 4.90 Å². The number of allylic oxidation sites excluding steroid dienone is 3. The smallest absolute Gasteiger partial charge is 0.141 e. The maximum absolute atomic E-state index is 4.64. The highest BCUT2D eigenvalue weighted by molar-refractivity contribution is 6.11. The molecule has 118 valence electrons. The van der Waals surface area contributed by atoms with Crippen LogP contribution in [0.5, 0.6) is 0 Å². The number of nitrogens with zero attached hydrogens (tertiary/aromatic N) is 3. The number of anilines is 1. The number of aromatic nitrogens is 1. The Balaban J connectivity index is 3.41. The number of amidine groups is 1. The van der Waals surface area contributed by atoms with Crippen LogP contribution in [0.3, 0.4) is 0 Å². The molecule has 0 unspecified atom stereocenters. The minimum absolute atomic E-state index is 0.763. The van der Waals surface area contributed by atoms with Gasteiger partial charge in [-0.25, -0.2) is 9.98 Å². The van der Waals surface area contributed by atoms with E-state index in [4.69, 9.17) is 0 Å². The van der Waals surface area contributed by atoms with Gasteiger partial charge in [-0.3, -0.25) is 4.90 Å². The minimum atomic E-state index is 0.763. The maximum atomic E-state index is 4.64. The van der Waals surface area contributed by atoms with E-state index in [-0.39, 0.29) is 0 Å². The van der Waals surface area contributed by atoms with Crippen LogP contribution in [0.1, 0.15) is 46.6 Å². The molecule has 0 atom stereocenters. The molecule has 0 aliphatic carbocycles. The number of rotatable bonds is 6. The van der Waals surface area contributed by atoms with Gasteiger partial charge in [-0.1, -0.05) is 39.1 Å². The Kier molecular flexibility index (Phi) is 6.77. The van der Waals surface area contributed by atoms with Gasteiger partial charge in [-0.15, -0.1) is 0 Å². The molecule has 0 radical (unpaired) electrons. The van der Waals surface area contributed by atoms with E-state index in [9.17, 15) is 0 Å². The van der Waals surface area contributed by atoms with Crippen molar-refractivity contribution in [1.29, 1.82) is 0 Å². The van der Waals surface area contributed by atoms with Crippen molar-refractivity contribution in [1.82, 2.24) is 4.98 Å². The van der Waals surface area contributed by atoms with Crippen molar-refractivity contribution in [2.24, 2.45) is 4.99 Å². The second kappa shape index (κ2) is 8.32. The molecule has 1 aromatic heterocycles. The topological polar surface area (TPSA) is 28.5 Å². The third-order valence-electron chi connectivity index (χ3n) is 3.35. The summed E-state index contributed by atoms with van der Waals surface area (Å²) < 4.78 is 0. The lowest BCUT2D eigenvalue weighted by molar-refractivity contribution is 1.05. The Bertz CT molecular complexity index is 592. The van der Waals surface area contributed by atoms with Crippen LogP contribution in [0.2, 0.25) is 0 Å². The Morgan fingerprint density at radius 1 is 1.27 bits per heavy atom. The third-order valence-corrected chi connectivity index (χ3v) is 3.35. The summed E-state index contributed by atoms with van der Waals surface area (Å²) in [5.74, 6) is 1.68. The Morgan fingerprint density at radius 2 is 1.95 bits per heavy atom. The average Bonchev–Trinajstić information content (AvgIpc) is 2.48. The van der Waals surface area contributed by atoms with Crippen LogP contribution in [-0.2, 0) is 6.42 Å². The number of aryl methyl sites for hydroxylation is 1. The van der Waals surface area contributed by atoms with Crippen LogP contribution in [0.4, 0.5) is 5.82 Å². The summed E-state index contributed by atoms with van der Waals surface area (Å²) in [6.45, 7) is 18.1. The lowest BCUT2D eigenvalue weighted by atomic mass is 10.1. The zero-order valence-corrected chi connectivity index (χ0v) is 14.5. The summed E-state index contributed by atoms with van der Waals surface area (Å²) in [5, 5.41) is 0. The molecule has 0 amide bonds. The molecule has 0 aliphatic heterocycles. The van der Waals surface area contributed by atoms with E-state index < -0.39 is 0 Å². The van der Waals surface area contributed by atoms with E-state index in [2.05, 4.69) is 49.1 Å². The molecule has 3 heteroatoms. The van der Waals surface area contributed by atoms with Gasteiger partial charge in [0, 0.05) is 17.6 Å². The van der Waals surface area contributed by atoms with Crippen LogP contribution >= 0.6 is 0 Å². The van der Waals surface area contributed by atoms with Crippen molar-refractivity contribution >= 4 is 11.7 Å². The highest BCUT2D eigenvalue weighted by Crippen LogP contribution is 2.22. The third kappa shape index (κ3) is 4.42. The van der Waals surface area contributed by atoms with Gasteiger partial charge in [-0.2, -0.15) is 0 Å². The number of aliphatic imine (C=N–C) groups is 1. The zero-order chi connectivity index (χ0) is 16.7. The first-order valence-corrected chi connectivity index (χ1v) is 7.74. The lowest BCUT2D eigenvalue weighted by Gasteiger charge is -2.27. The second-order valence-corrected chi connectivity index (χ2v) is 5.29. The van der Waals surface area contributed by atoms with Gasteiger partial charge in [0.25, 0.3) is 0 Å². The first-order chi connectivity index (χ1) is 10.4. The molecular weight excluding hydrogens is 270 g/mol. The van der Waals surface area contributed by atoms with Gasteiger partial charge < -0.3 is 0 Å². The minimum Gasteiger partial charge on any atom is -0.284 e. The molecular formula is C19H27N3.